The van der Waals surface area contributed by atoms with Gasteiger partial charge in [-0.3, -0.25) is 4.79 Å². The number of alkyl carbamates (subject to hydrolysis) is 2. The number of fused-ring (bicyclic) bond motifs is 1. The summed E-state index contributed by atoms with van der Waals surface area (Å²) in [7, 11) is 0. The molecular formula is C39H52ClN3O11. The van der Waals surface area contributed by atoms with Crippen molar-refractivity contribution in [1.82, 2.24) is 16.0 Å². The molecule has 0 aliphatic carbocycles. The second-order valence-electron chi connectivity index (χ2n) is 14.2. The van der Waals surface area contributed by atoms with Gasteiger partial charge in [0.25, 0.3) is 0 Å². The maximum absolute atomic E-state index is 13.1. The number of rotatable bonds is 16. The monoisotopic (exact) mass is 773 g/mol. The summed E-state index contributed by atoms with van der Waals surface area (Å²) in [5.41, 5.74) is 1.85. The molecule has 3 N–H and O–H groups in total. The Morgan fingerprint density at radius 3 is 2.48 bits per heavy atom. The van der Waals surface area contributed by atoms with E-state index in [4.69, 9.17) is 44.8 Å². The molecule has 0 radical (unpaired) electrons. The van der Waals surface area contributed by atoms with E-state index in [1.54, 1.807) is 31.2 Å². The molecule has 14 nitrogen and oxygen atoms in total. The molecule has 2 fully saturated rings. The van der Waals surface area contributed by atoms with Crippen LogP contribution in [-0.2, 0) is 46.2 Å². The highest BCUT2D eigenvalue weighted by atomic mass is 35.5. The van der Waals surface area contributed by atoms with Crippen molar-refractivity contribution in [3.05, 3.63) is 58.6 Å². The molecule has 5 rings (SSSR count). The Hall–Kier alpha value is -4.27. The zero-order chi connectivity index (χ0) is 38.5. The highest BCUT2D eigenvalue weighted by molar-refractivity contribution is 6.30. The van der Waals surface area contributed by atoms with Crippen LogP contribution in [0.5, 0.6) is 11.5 Å². The van der Waals surface area contributed by atoms with Crippen molar-refractivity contribution in [3.63, 3.8) is 0 Å². The van der Waals surface area contributed by atoms with Gasteiger partial charge < -0.3 is 49.1 Å². The number of hydrogen-bond donors (Lipinski definition) is 3. The third-order valence-electron chi connectivity index (χ3n) is 9.36. The lowest BCUT2D eigenvalue weighted by molar-refractivity contribution is -0.329. The Balaban J connectivity index is 1.17. The molecule has 3 heterocycles. The van der Waals surface area contributed by atoms with E-state index in [1.807, 2.05) is 32.0 Å². The third kappa shape index (κ3) is 12.7. The van der Waals surface area contributed by atoms with Crippen LogP contribution in [0, 0.1) is 5.92 Å². The second-order valence-corrected chi connectivity index (χ2v) is 14.7. The first-order chi connectivity index (χ1) is 26.0. The van der Waals surface area contributed by atoms with Gasteiger partial charge in [-0.05, 0) is 80.3 Å². The minimum Gasteiger partial charge on any atom is -0.464 e. The Morgan fingerprint density at radius 1 is 0.944 bits per heavy atom. The third-order valence-corrected chi connectivity index (χ3v) is 9.61. The van der Waals surface area contributed by atoms with E-state index >= 15 is 0 Å². The van der Waals surface area contributed by atoms with Gasteiger partial charge in [0.2, 0.25) is 12.7 Å². The average Bonchev–Trinajstić information content (AvgIpc) is 3.61. The zero-order valence-electron chi connectivity index (χ0n) is 31.2. The molecule has 0 aromatic heterocycles. The summed E-state index contributed by atoms with van der Waals surface area (Å²) in [6.45, 7) is 6.65. The maximum atomic E-state index is 13.1. The van der Waals surface area contributed by atoms with Gasteiger partial charge in [-0.2, -0.15) is 0 Å². The first-order valence-corrected chi connectivity index (χ1v) is 19.2. The Kier molecular flexibility index (Phi) is 15.1. The molecule has 296 valence electrons. The summed E-state index contributed by atoms with van der Waals surface area (Å²) >= 11 is 5.96. The number of hydrogen-bond acceptors (Lipinski definition) is 11. The first-order valence-electron chi connectivity index (χ1n) is 18.8. The lowest BCUT2D eigenvalue weighted by Gasteiger charge is -2.47. The van der Waals surface area contributed by atoms with Gasteiger partial charge in [0.05, 0.1) is 18.8 Å². The predicted molar refractivity (Wildman–Crippen MR) is 197 cm³/mol. The van der Waals surface area contributed by atoms with Crippen LogP contribution in [0.15, 0.2) is 42.5 Å². The number of halogens is 1. The SMILES string of the molecule is CCOC(=O)[C@H](CC(C)C)NC(=O)CC[C@@H]1C[C@@H](OC(=O)NCc2ccc3c(c2)OCO3)C[C@@]2(CCC[C@H](COC(=O)NCCc3ccc(Cl)cc3)O2)O1. The van der Waals surface area contributed by atoms with Crippen LogP contribution < -0.4 is 25.4 Å². The van der Waals surface area contributed by atoms with Gasteiger partial charge in [-0.1, -0.05) is 43.6 Å². The highest BCUT2D eigenvalue weighted by Crippen LogP contribution is 2.41. The van der Waals surface area contributed by atoms with Crippen molar-refractivity contribution < 1.29 is 52.3 Å². The number of ether oxygens (including phenoxy) is 7. The number of benzene rings is 2. The van der Waals surface area contributed by atoms with Gasteiger partial charge in [0.1, 0.15) is 18.8 Å². The van der Waals surface area contributed by atoms with Crippen molar-refractivity contribution in [3.8, 4) is 11.5 Å². The molecule has 2 aromatic rings. The topological polar surface area (TPSA) is 169 Å². The van der Waals surface area contributed by atoms with Gasteiger partial charge >= 0.3 is 18.2 Å². The summed E-state index contributed by atoms with van der Waals surface area (Å²) in [5.74, 6) is -0.473. The van der Waals surface area contributed by atoms with Crippen LogP contribution in [0.2, 0.25) is 5.02 Å². The fourth-order valence-electron chi connectivity index (χ4n) is 6.85. The van der Waals surface area contributed by atoms with E-state index in [2.05, 4.69) is 16.0 Å². The second kappa shape index (κ2) is 19.9. The summed E-state index contributed by atoms with van der Waals surface area (Å²) in [4.78, 5) is 51.2. The molecule has 0 saturated carbocycles. The van der Waals surface area contributed by atoms with Crippen molar-refractivity contribution in [2.24, 2.45) is 5.92 Å². The van der Waals surface area contributed by atoms with E-state index < -0.39 is 48.3 Å². The smallest absolute Gasteiger partial charge is 0.407 e. The molecule has 2 saturated heterocycles. The van der Waals surface area contributed by atoms with Crippen molar-refractivity contribution in [2.75, 3.05) is 26.6 Å². The predicted octanol–water partition coefficient (Wildman–Crippen LogP) is 5.95. The van der Waals surface area contributed by atoms with Crippen LogP contribution >= 0.6 is 11.6 Å². The van der Waals surface area contributed by atoms with Crippen LogP contribution in [0.4, 0.5) is 9.59 Å². The molecule has 2 aromatic carbocycles. The quantitative estimate of drug-likeness (QED) is 0.136. The van der Waals surface area contributed by atoms with E-state index in [9.17, 15) is 19.2 Å². The van der Waals surface area contributed by atoms with E-state index in [0.717, 1.165) is 17.5 Å². The van der Waals surface area contributed by atoms with Crippen molar-refractivity contribution in [1.29, 1.82) is 0 Å². The minimum atomic E-state index is -1.12. The zero-order valence-corrected chi connectivity index (χ0v) is 32.0. The summed E-state index contributed by atoms with van der Waals surface area (Å²) in [6, 6.07) is 12.1. The molecule has 1 spiro atoms. The van der Waals surface area contributed by atoms with Crippen LogP contribution in [-0.4, -0.2) is 80.8 Å². The molecule has 5 atom stereocenters. The van der Waals surface area contributed by atoms with E-state index in [0.29, 0.717) is 61.6 Å². The summed E-state index contributed by atoms with van der Waals surface area (Å²) in [6.07, 6.45) is 1.20. The summed E-state index contributed by atoms with van der Waals surface area (Å²) < 4.78 is 40.5. The van der Waals surface area contributed by atoms with Gasteiger partial charge in [-0.25, -0.2) is 14.4 Å². The number of esters is 1. The number of amides is 3. The van der Waals surface area contributed by atoms with E-state index in [-0.39, 0.29) is 51.2 Å². The number of carbonyl (C=O) groups is 4. The summed E-state index contributed by atoms with van der Waals surface area (Å²) in [5, 5.41) is 9.04. The lowest BCUT2D eigenvalue weighted by atomic mass is 9.90. The minimum absolute atomic E-state index is 0.0115. The number of carbonyl (C=O) groups excluding carboxylic acids is 4. The van der Waals surface area contributed by atoms with E-state index in [1.165, 1.54) is 0 Å². The van der Waals surface area contributed by atoms with Crippen molar-refractivity contribution in [2.45, 2.75) is 115 Å². The molecule has 0 bridgehead atoms. The molecule has 15 heteroatoms. The number of nitrogens with one attached hydrogen (secondary N) is 3. The largest absolute Gasteiger partial charge is 0.464 e. The fourth-order valence-corrected chi connectivity index (χ4v) is 6.98. The average molecular weight is 774 g/mol. The molecule has 3 aliphatic rings. The molecule has 3 amide bonds. The van der Waals surface area contributed by atoms with Crippen molar-refractivity contribution >= 4 is 35.7 Å². The van der Waals surface area contributed by atoms with Gasteiger partial charge in [0.15, 0.2) is 17.3 Å². The highest BCUT2D eigenvalue weighted by Gasteiger charge is 2.47. The molecule has 3 aliphatic heterocycles. The first kappa shape index (κ1) is 40.9. The maximum Gasteiger partial charge on any atom is 0.407 e. The normalized spacial score (nSPS) is 22.3. The standard InChI is InChI=1S/C39H52ClN3O11/c1-4-48-36(45)32(18-25(2)3)43-35(44)14-12-29-20-31(52-38(47)42-22-27-9-13-33-34(19-27)51-24-50-33)21-39(53-29)16-5-6-30(54-39)23-49-37(46)41-17-15-26-7-10-28(40)11-8-26/h7-11,13,19,25,29-32H,4-6,12,14-18,20-24H2,1-3H3,(H,41,46)(H,42,47)(H,43,44)/t29-,30-,31-,32+,39+/m1/s1. The fraction of sp³-hybridized carbons (Fsp3) is 0.590. The molecule has 0 unspecified atom stereocenters. The Bertz CT molecular complexity index is 1580. The Morgan fingerprint density at radius 2 is 1.70 bits per heavy atom. The van der Waals surface area contributed by atoms with Crippen LogP contribution in [0.3, 0.4) is 0 Å². The lowest BCUT2D eigenvalue weighted by Crippen LogP contribution is -2.54. The van der Waals surface area contributed by atoms with Crippen LogP contribution in [0.25, 0.3) is 0 Å². The molecule has 54 heavy (non-hydrogen) atoms. The van der Waals surface area contributed by atoms with Gasteiger partial charge in [-0.15, -0.1) is 0 Å². The van der Waals surface area contributed by atoms with Crippen LogP contribution in [0.1, 0.15) is 83.3 Å². The Labute approximate surface area is 321 Å². The molecular weight excluding hydrogens is 722 g/mol. The van der Waals surface area contributed by atoms with Gasteiger partial charge in [0, 0.05) is 43.8 Å².